The average molecular weight is 240 g/mol. The topological polar surface area (TPSA) is 44.1 Å². The molecule has 0 aliphatic carbocycles. The molecule has 3 rings (SSSR count). The summed E-state index contributed by atoms with van der Waals surface area (Å²) in [6.45, 7) is 0. The van der Waals surface area contributed by atoms with E-state index in [9.17, 15) is 4.79 Å². The molecule has 18 heavy (non-hydrogen) atoms. The predicted molar refractivity (Wildman–Crippen MR) is 69.6 cm³/mol. The van der Waals surface area contributed by atoms with Crippen molar-refractivity contribution in [3.63, 3.8) is 0 Å². The normalized spacial score (nSPS) is 11.0. The summed E-state index contributed by atoms with van der Waals surface area (Å²) in [5.74, 6) is -0.319. The summed E-state index contributed by atoms with van der Waals surface area (Å²) in [5.41, 5.74) is 2.66. The molecule has 2 aromatic heterocycles. The minimum Gasteiger partial charge on any atom is -0.465 e. The molecule has 90 valence electrons. The van der Waals surface area contributed by atoms with E-state index >= 15 is 0 Å². The Balaban J connectivity index is 2.38. The fourth-order valence-corrected chi connectivity index (χ4v) is 2.30. The minimum atomic E-state index is -0.319. The number of nitrogens with zero attached hydrogens (tertiary/aromatic N) is 2. The van der Waals surface area contributed by atoms with Gasteiger partial charge in [0.05, 0.1) is 18.2 Å². The first-order valence-corrected chi connectivity index (χ1v) is 5.63. The quantitative estimate of drug-likeness (QED) is 0.614. The highest BCUT2D eigenvalue weighted by molar-refractivity contribution is 6.09. The number of benzene rings is 1. The van der Waals surface area contributed by atoms with Crippen LogP contribution in [-0.2, 0) is 11.8 Å². The molecule has 0 amide bonds. The molecule has 3 aromatic rings. The van der Waals surface area contributed by atoms with E-state index in [0.717, 1.165) is 21.8 Å². The van der Waals surface area contributed by atoms with E-state index in [1.165, 1.54) is 7.11 Å². The van der Waals surface area contributed by atoms with Crippen LogP contribution in [0, 0.1) is 0 Å². The number of ether oxygens (including phenoxy) is 1. The molecule has 0 saturated heterocycles. The van der Waals surface area contributed by atoms with Crippen molar-refractivity contribution in [1.82, 2.24) is 9.55 Å². The molecule has 0 radical (unpaired) electrons. The van der Waals surface area contributed by atoms with Gasteiger partial charge in [-0.1, -0.05) is 6.07 Å². The number of hydrogen-bond acceptors (Lipinski definition) is 3. The van der Waals surface area contributed by atoms with E-state index in [0.29, 0.717) is 5.56 Å². The minimum absolute atomic E-state index is 0.319. The Hall–Kier alpha value is -2.36. The smallest absolute Gasteiger partial charge is 0.337 e. The van der Waals surface area contributed by atoms with Gasteiger partial charge in [0.1, 0.15) is 0 Å². The summed E-state index contributed by atoms with van der Waals surface area (Å²) < 4.78 is 6.79. The lowest BCUT2D eigenvalue weighted by atomic mass is 10.1. The fraction of sp³-hybridized carbons (Fsp3) is 0.143. The Morgan fingerprint density at radius 2 is 2.06 bits per heavy atom. The number of methoxy groups -OCH3 is 1. The molecule has 0 spiro atoms. The van der Waals surface area contributed by atoms with Gasteiger partial charge < -0.3 is 9.30 Å². The molecule has 0 aliphatic rings. The third-order valence-electron chi connectivity index (χ3n) is 3.23. The third-order valence-corrected chi connectivity index (χ3v) is 3.23. The van der Waals surface area contributed by atoms with Gasteiger partial charge in [-0.05, 0) is 18.2 Å². The summed E-state index contributed by atoms with van der Waals surface area (Å²) in [6.07, 6.45) is 3.61. The number of hydrogen-bond donors (Lipinski definition) is 0. The van der Waals surface area contributed by atoms with E-state index in [2.05, 4.69) is 9.55 Å². The molecule has 0 bridgehead atoms. The van der Waals surface area contributed by atoms with E-state index in [-0.39, 0.29) is 5.97 Å². The van der Waals surface area contributed by atoms with Crippen molar-refractivity contribution in [1.29, 1.82) is 0 Å². The van der Waals surface area contributed by atoms with Crippen molar-refractivity contribution in [3.8, 4) is 0 Å². The number of fused-ring (bicyclic) bond motifs is 3. The van der Waals surface area contributed by atoms with Crippen LogP contribution in [0.2, 0.25) is 0 Å². The fourth-order valence-electron chi connectivity index (χ4n) is 2.30. The molecular weight excluding hydrogens is 228 g/mol. The highest BCUT2D eigenvalue weighted by Gasteiger charge is 2.11. The lowest BCUT2D eigenvalue weighted by molar-refractivity contribution is 0.0601. The van der Waals surface area contributed by atoms with E-state index in [4.69, 9.17) is 4.74 Å². The van der Waals surface area contributed by atoms with Crippen molar-refractivity contribution in [2.75, 3.05) is 7.11 Å². The van der Waals surface area contributed by atoms with Crippen molar-refractivity contribution in [3.05, 3.63) is 42.2 Å². The number of carbonyl (C=O) groups is 1. The SMILES string of the molecule is COC(=O)c1ccc2c3cnccc3n(C)c2c1. The van der Waals surface area contributed by atoms with Gasteiger partial charge in [0.25, 0.3) is 0 Å². The molecule has 0 fully saturated rings. The Kier molecular flexibility index (Phi) is 2.30. The maximum Gasteiger partial charge on any atom is 0.337 e. The second-order valence-corrected chi connectivity index (χ2v) is 4.18. The van der Waals surface area contributed by atoms with Gasteiger partial charge in [-0.3, -0.25) is 4.98 Å². The summed E-state index contributed by atoms with van der Waals surface area (Å²) >= 11 is 0. The molecule has 0 atom stereocenters. The Morgan fingerprint density at radius 1 is 1.22 bits per heavy atom. The highest BCUT2D eigenvalue weighted by Crippen LogP contribution is 2.27. The number of aryl methyl sites for hydroxylation is 1. The summed E-state index contributed by atoms with van der Waals surface area (Å²) in [7, 11) is 3.36. The molecule has 0 N–H and O–H groups in total. The molecule has 0 saturated carbocycles. The standard InChI is InChI=1S/C14H12N2O2/c1-16-12-5-6-15-8-11(12)10-4-3-9(7-13(10)16)14(17)18-2/h3-8H,1-2H3. The van der Waals surface area contributed by atoms with Gasteiger partial charge in [0.2, 0.25) is 0 Å². The first-order valence-electron chi connectivity index (χ1n) is 5.63. The summed E-state index contributed by atoms with van der Waals surface area (Å²) in [5, 5.41) is 2.18. The van der Waals surface area contributed by atoms with Crippen molar-refractivity contribution >= 4 is 27.8 Å². The summed E-state index contributed by atoms with van der Waals surface area (Å²) in [4.78, 5) is 15.7. The van der Waals surface area contributed by atoms with Crippen LogP contribution in [0.4, 0.5) is 0 Å². The second-order valence-electron chi connectivity index (χ2n) is 4.18. The summed E-state index contributed by atoms with van der Waals surface area (Å²) in [6, 6.07) is 7.53. The lowest BCUT2D eigenvalue weighted by Crippen LogP contribution is -2.01. The van der Waals surface area contributed by atoms with Crippen LogP contribution in [0.5, 0.6) is 0 Å². The monoisotopic (exact) mass is 240 g/mol. The maximum absolute atomic E-state index is 11.5. The van der Waals surface area contributed by atoms with E-state index in [1.54, 1.807) is 12.3 Å². The zero-order valence-electron chi connectivity index (χ0n) is 10.2. The second kappa shape index (κ2) is 3.84. The van der Waals surface area contributed by atoms with Crippen molar-refractivity contribution in [2.45, 2.75) is 0 Å². The number of aromatic nitrogens is 2. The third kappa shape index (κ3) is 1.39. The molecule has 4 nitrogen and oxygen atoms in total. The van der Waals surface area contributed by atoms with E-state index in [1.807, 2.05) is 31.4 Å². The van der Waals surface area contributed by atoms with Crippen LogP contribution < -0.4 is 0 Å². The van der Waals surface area contributed by atoms with Crippen molar-refractivity contribution < 1.29 is 9.53 Å². The molecule has 0 aliphatic heterocycles. The lowest BCUT2D eigenvalue weighted by Gasteiger charge is -2.01. The molecule has 0 unspecified atom stereocenters. The predicted octanol–water partition coefficient (Wildman–Crippen LogP) is 2.51. The largest absolute Gasteiger partial charge is 0.465 e. The van der Waals surface area contributed by atoms with Gasteiger partial charge in [-0.15, -0.1) is 0 Å². The zero-order valence-corrected chi connectivity index (χ0v) is 10.2. The Morgan fingerprint density at radius 3 is 2.83 bits per heavy atom. The number of esters is 1. The van der Waals surface area contributed by atoms with Crippen LogP contribution in [0.15, 0.2) is 36.7 Å². The zero-order chi connectivity index (χ0) is 12.7. The number of carbonyl (C=O) groups excluding carboxylic acids is 1. The van der Waals surface area contributed by atoms with Crippen LogP contribution in [0.25, 0.3) is 21.8 Å². The number of pyridine rings is 1. The first kappa shape index (κ1) is 10.8. The van der Waals surface area contributed by atoms with Gasteiger partial charge in [-0.2, -0.15) is 0 Å². The van der Waals surface area contributed by atoms with Gasteiger partial charge in [0.15, 0.2) is 0 Å². The number of rotatable bonds is 1. The molecular formula is C14H12N2O2. The Bertz CT molecular complexity index is 759. The van der Waals surface area contributed by atoms with Crippen molar-refractivity contribution in [2.24, 2.45) is 7.05 Å². The van der Waals surface area contributed by atoms with Crippen LogP contribution in [0.3, 0.4) is 0 Å². The van der Waals surface area contributed by atoms with E-state index < -0.39 is 0 Å². The van der Waals surface area contributed by atoms with Crippen LogP contribution >= 0.6 is 0 Å². The molecule has 4 heteroatoms. The van der Waals surface area contributed by atoms with Crippen LogP contribution in [-0.4, -0.2) is 22.6 Å². The van der Waals surface area contributed by atoms with Crippen LogP contribution in [0.1, 0.15) is 10.4 Å². The average Bonchev–Trinajstić information content (AvgIpc) is 2.72. The Labute approximate surface area is 104 Å². The van der Waals surface area contributed by atoms with Gasteiger partial charge >= 0.3 is 5.97 Å². The van der Waals surface area contributed by atoms with Gasteiger partial charge in [0, 0.05) is 35.7 Å². The maximum atomic E-state index is 11.5. The molecule has 1 aromatic carbocycles. The highest BCUT2D eigenvalue weighted by atomic mass is 16.5. The van der Waals surface area contributed by atoms with Gasteiger partial charge in [-0.25, -0.2) is 4.79 Å². The first-order chi connectivity index (χ1) is 8.72. The molecule has 2 heterocycles.